The summed E-state index contributed by atoms with van der Waals surface area (Å²) in [5.41, 5.74) is 7.07. The SMILES string of the molecule is Nc1ccc(Cl)c(C=CCC=O)c1. The normalized spacial score (nSPS) is 10.5. The van der Waals surface area contributed by atoms with E-state index >= 15 is 0 Å². The molecule has 0 bridgehead atoms. The minimum absolute atomic E-state index is 0.394. The van der Waals surface area contributed by atoms with Crippen LogP contribution in [0.25, 0.3) is 6.08 Å². The standard InChI is InChI=1S/C10H10ClNO/c11-10-5-4-9(12)7-8(10)3-1-2-6-13/h1,3-7H,2,12H2. The first-order valence-electron chi connectivity index (χ1n) is 3.89. The van der Waals surface area contributed by atoms with E-state index in [9.17, 15) is 4.79 Å². The molecule has 0 fully saturated rings. The van der Waals surface area contributed by atoms with Gasteiger partial charge in [-0.15, -0.1) is 0 Å². The third-order valence-electron chi connectivity index (χ3n) is 1.55. The number of hydrogen-bond acceptors (Lipinski definition) is 2. The molecule has 0 amide bonds. The van der Waals surface area contributed by atoms with E-state index in [-0.39, 0.29) is 0 Å². The number of benzene rings is 1. The monoisotopic (exact) mass is 195 g/mol. The van der Waals surface area contributed by atoms with E-state index in [2.05, 4.69) is 0 Å². The highest BCUT2D eigenvalue weighted by molar-refractivity contribution is 6.32. The molecule has 13 heavy (non-hydrogen) atoms. The maximum atomic E-state index is 10.0. The van der Waals surface area contributed by atoms with Crippen LogP contribution in [0.5, 0.6) is 0 Å². The Balaban J connectivity index is 2.86. The fourth-order valence-electron chi connectivity index (χ4n) is 0.941. The largest absolute Gasteiger partial charge is 0.399 e. The number of aldehydes is 1. The predicted molar refractivity (Wildman–Crippen MR) is 55.6 cm³/mol. The fourth-order valence-corrected chi connectivity index (χ4v) is 1.12. The van der Waals surface area contributed by atoms with Crippen LogP contribution in [0.15, 0.2) is 24.3 Å². The number of nitrogens with two attached hydrogens (primary N) is 1. The second kappa shape index (κ2) is 4.67. The van der Waals surface area contributed by atoms with Crippen molar-refractivity contribution in [3.05, 3.63) is 34.9 Å². The van der Waals surface area contributed by atoms with Gasteiger partial charge in [0.1, 0.15) is 6.29 Å². The zero-order valence-corrected chi connectivity index (χ0v) is 7.79. The zero-order chi connectivity index (χ0) is 9.68. The Kier molecular flexibility index (Phi) is 3.53. The highest BCUT2D eigenvalue weighted by Crippen LogP contribution is 2.20. The Morgan fingerprint density at radius 1 is 1.46 bits per heavy atom. The molecule has 0 aliphatic rings. The van der Waals surface area contributed by atoms with Gasteiger partial charge in [-0.2, -0.15) is 0 Å². The first-order chi connectivity index (χ1) is 6.24. The van der Waals surface area contributed by atoms with E-state index in [0.29, 0.717) is 17.1 Å². The number of carbonyl (C=O) groups excluding carboxylic acids is 1. The molecule has 1 rings (SSSR count). The van der Waals surface area contributed by atoms with Crippen molar-refractivity contribution in [1.82, 2.24) is 0 Å². The number of allylic oxidation sites excluding steroid dienone is 1. The molecule has 0 aliphatic carbocycles. The molecular formula is C10H10ClNO. The van der Waals surface area contributed by atoms with Crippen LogP contribution in [-0.4, -0.2) is 6.29 Å². The van der Waals surface area contributed by atoms with Crippen LogP contribution in [-0.2, 0) is 4.79 Å². The summed E-state index contributed by atoms with van der Waals surface area (Å²) >= 11 is 5.88. The van der Waals surface area contributed by atoms with Gasteiger partial charge in [0.05, 0.1) is 0 Å². The van der Waals surface area contributed by atoms with Crippen molar-refractivity contribution in [2.45, 2.75) is 6.42 Å². The summed E-state index contributed by atoms with van der Waals surface area (Å²) in [7, 11) is 0. The quantitative estimate of drug-likeness (QED) is 0.595. The second-order valence-corrected chi connectivity index (χ2v) is 2.99. The predicted octanol–water partition coefficient (Wildman–Crippen LogP) is 2.52. The van der Waals surface area contributed by atoms with E-state index in [4.69, 9.17) is 17.3 Å². The Labute approximate surface area is 82.0 Å². The van der Waals surface area contributed by atoms with E-state index in [0.717, 1.165) is 11.8 Å². The van der Waals surface area contributed by atoms with Gasteiger partial charge in [-0.25, -0.2) is 0 Å². The van der Waals surface area contributed by atoms with Crippen molar-refractivity contribution in [2.24, 2.45) is 0 Å². The molecule has 1 aromatic carbocycles. The Bertz CT molecular complexity index is 334. The van der Waals surface area contributed by atoms with Crippen molar-refractivity contribution in [3.8, 4) is 0 Å². The van der Waals surface area contributed by atoms with Crippen LogP contribution in [0.2, 0.25) is 5.02 Å². The van der Waals surface area contributed by atoms with Gasteiger partial charge < -0.3 is 10.5 Å². The Morgan fingerprint density at radius 3 is 2.92 bits per heavy atom. The summed E-state index contributed by atoms with van der Waals surface area (Å²) in [6.07, 6.45) is 4.75. The van der Waals surface area contributed by atoms with Crippen LogP contribution in [0, 0.1) is 0 Å². The molecule has 0 aromatic heterocycles. The van der Waals surface area contributed by atoms with E-state index < -0.39 is 0 Å². The molecule has 0 saturated heterocycles. The molecule has 0 radical (unpaired) electrons. The van der Waals surface area contributed by atoms with Crippen LogP contribution < -0.4 is 5.73 Å². The number of carbonyl (C=O) groups is 1. The van der Waals surface area contributed by atoms with Crippen LogP contribution in [0.4, 0.5) is 5.69 Å². The van der Waals surface area contributed by atoms with Gasteiger partial charge in [0, 0.05) is 17.1 Å². The molecular weight excluding hydrogens is 186 g/mol. The van der Waals surface area contributed by atoms with Crippen molar-refractivity contribution < 1.29 is 4.79 Å². The fraction of sp³-hybridized carbons (Fsp3) is 0.100. The summed E-state index contributed by atoms with van der Waals surface area (Å²) in [6.45, 7) is 0. The summed E-state index contributed by atoms with van der Waals surface area (Å²) in [4.78, 5) is 10.0. The van der Waals surface area contributed by atoms with Crippen molar-refractivity contribution in [2.75, 3.05) is 5.73 Å². The second-order valence-electron chi connectivity index (χ2n) is 2.59. The van der Waals surface area contributed by atoms with E-state index in [1.54, 1.807) is 30.4 Å². The third-order valence-corrected chi connectivity index (χ3v) is 1.89. The van der Waals surface area contributed by atoms with Gasteiger partial charge in [0.25, 0.3) is 0 Å². The number of rotatable bonds is 3. The molecule has 3 heteroatoms. The topological polar surface area (TPSA) is 43.1 Å². The molecule has 0 unspecified atom stereocenters. The van der Waals surface area contributed by atoms with Gasteiger partial charge in [0.15, 0.2) is 0 Å². The number of nitrogen functional groups attached to an aromatic ring is 1. The van der Waals surface area contributed by atoms with Crippen molar-refractivity contribution in [3.63, 3.8) is 0 Å². The third kappa shape index (κ3) is 2.92. The maximum Gasteiger partial charge on any atom is 0.123 e. The van der Waals surface area contributed by atoms with Gasteiger partial charge in [-0.05, 0) is 23.8 Å². The first-order valence-corrected chi connectivity index (χ1v) is 4.27. The molecule has 0 atom stereocenters. The zero-order valence-electron chi connectivity index (χ0n) is 7.03. The minimum atomic E-state index is 0.394. The van der Waals surface area contributed by atoms with Crippen molar-refractivity contribution in [1.29, 1.82) is 0 Å². The Morgan fingerprint density at radius 2 is 2.23 bits per heavy atom. The summed E-state index contributed by atoms with van der Waals surface area (Å²) in [6, 6.07) is 5.24. The number of halogens is 1. The van der Waals surface area contributed by atoms with Crippen LogP contribution in [0.1, 0.15) is 12.0 Å². The molecule has 68 valence electrons. The van der Waals surface area contributed by atoms with Crippen LogP contribution >= 0.6 is 11.6 Å². The molecule has 2 N–H and O–H groups in total. The molecule has 1 aromatic rings. The van der Waals surface area contributed by atoms with Crippen LogP contribution in [0.3, 0.4) is 0 Å². The highest BCUT2D eigenvalue weighted by atomic mass is 35.5. The summed E-state index contributed by atoms with van der Waals surface area (Å²) in [5, 5.41) is 0.636. The molecule has 0 spiro atoms. The minimum Gasteiger partial charge on any atom is -0.399 e. The molecule has 0 heterocycles. The smallest absolute Gasteiger partial charge is 0.123 e. The lowest BCUT2D eigenvalue weighted by Gasteiger charge is -1.98. The Hall–Kier alpha value is -1.28. The lowest BCUT2D eigenvalue weighted by atomic mass is 10.2. The number of hydrogen-bond donors (Lipinski definition) is 1. The van der Waals surface area contributed by atoms with Gasteiger partial charge in [0.2, 0.25) is 0 Å². The molecule has 2 nitrogen and oxygen atoms in total. The highest BCUT2D eigenvalue weighted by Gasteiger charge is 1.95. The van der Waals surface area contributed by atoms with E-state index in [1.807, 2.05) is 0 Å². The van der Waals surface area contributed by atoms with Gasteiger partial charge in [-0.1, -0.05) is 23.8 Å². The van der Waals surface area contributed by atoms with Gasteiger partial charge >= 0.3 is 0 Å². The van der Waals surface area contributed by atoms with E-state index in [1.165, 1.54) is 0 Å². The maximum absolute atomic E-state index is 10.0. The average Bonchev–Trinajstić information content (AvgIpc) is 2.11. The summed E-state index contributed by atoms with van der Waals surface area (Å²) < 4.78 is 0. The lowest BCUT2D eigenvalue weighted by molar-refractivity contribution is -0.107. The number of anilines is 1. The van der Waals surface area contributed by atoms with Crippen molar-refractivity contribution >= 4 is 29.7 Å². The lowest BCUT2D eigenvalue weighted by Crippen LogP contribution is -1.85. The van der Waals surface area contributed by atoms with Gasteiger partial charge in [-0.3, -0.25) is 0 Å². The molecule has 0 aliphatic heterocycles. The average molecular weight is 196 g/mol. The summed E-state index contributed by atoms with van der Waals surface area (Å²) in [5.74, 6) is 0. The molecule has 0 saturated carbocycles. The first kappa shape index (κ1) is 9.81.